The fraction of sp³-hybridized carbons (Fsp3) is 0.562. The van der Waals surface area contributed by atoms with Gasteiger partial charge >= 0.3 is 355 Å². The van der Waals surface area contributed by atoms with Crippen LogP contribution >= 0.6 is 0 Å². The molecule has 0 saturated carbocycles. The van der Waals surface area contributed by atoms with Crippen LogP contribution in [-0.2, 0) is 188 Å². The second-order valence-electron chi connectivity index (χ2n) is 18.3. The summed E-state index contributed by atoms with van der Waals surface area (Å²) in [6.45, 7) is -2.86. The Morgan fingerprint density at radius 1 is 0.208 bits per heavy atom. The third-order valence-electron chi connectivity index (χ3n) is 12.0. The van der Waals surface area contributed by atoms with Gasteiger partial charge < -0.3 is 54.6 Å². The monoisotopic (exact) mass is 1870 g/mol. The minimum Gasteiger partial charge on any atom is -0.726 e. The maximum absolute atomic E-state index is 12.4. The Labute approximate surface area is 872 Å². The molecular formula is C32H32N2Na12O48S12. The van der Waals surface area contributed by atoms with Crippen LogP contribution in [0.5, 0.6) is 0 Å². The van der Waals surface area contributed by atoms with Crippen molar-refractivity contribution in [3.63, 3.8) is 0 Å². The zero-order valence-corrected chi connectivity index (χ0v) is 89.8. The van der Waals surface area contributed by atoms with E-state index in [0.717, 1.165) is 0 Å². The van der Waals surface area contributed by atoms with Gasteiger partial charge in [0, 0.05) is 13.1 Å². The first-order valence-corrected chi connectivity index (χ1v) is 39.0. The standard InChI is InChI=1S/C32H44N2O48S12.12Na/c35-83(36,37)71-21-9-5-17(25(75-87(47,48)49)29(21)79-91(59,60)61)33(18-6-10-22(72-84(38,39)40)30(80-92(62,63)64)26(18)76-88(50,51)52)13-15-1-2-16(4-3-15)14-34(19-7-11-23(73-85(41,42)43)31(81-93(65,66)67)27(19)77-89(53,54)55)20-8-12-24(74-86(44,45)46)32(82-94(68,69)70)28(20)78-90(56,57)58;;;;;;;;;;;;/h1-12,17-32H,13-14H2,(H,35,36,37)(H,38,39,40)(H,41,42,43)(H,44,45,46)(H,47,48,49)(H,50,51,52)(H,53,54,55)(H,56,57,58)(H,59,60,61)(H,62,63,64)(H,65,66,67)(H,68,69,70);;;;;;;;;;;;/q;12*+1/p-12/t17-,18-,19-,20-,21+,22+,23+,24+,25+,26+,27+,28+,29+,30+,31+,32+;;;;;;;;;;;;/m0............/s1. The Morgan fingerprint density at radius 3 is 0.453 bits per heavy atom. The van der Waals surface area contributed by atoms with Crippen LogP contribution in [0.1, 0.15) is 11.1 Å². The van der Waals surface area contributed by atoms with Gasteiger partial charge in [-0.25, -0.2) is 101 Å². The van der Waals surface area contributed by atoms with Crippen LogP contribution in [0.15, 0.2) is 72.9 Å². The van der Waals surface area contributed by atoms with Crippen molar-refractivity contribution in [3.8, 4) is 0 Å². The van der Waals surface area contributed by atoms with Gasteiger partial charge in [0.05, 0.1) is 24.2 Å². The maximum atomic E-state index is 12.4. The molecule has 5 rings (SSSR count). The van der Waals surface area contributed by atoms with Gasteiger partial charge in [0.25, 0.3) is 0 Å². The Bertz CT molecular complexity index is 4020. The third-order valence-corrected chi connectivity index (χ3v) is 17.5. The van der Waals surface area contributed by atoms with Crippen LogP contribution in [0.3, 0.4) is 0 Å². The molecule has 50 nitrogen and oxygen atoms in total. The second kappa shape index (κ2) is 51.8. The van der Waals surface area contributed by atoms with Crippen molar-refractivity contribution in [3.05, 3.63) is 84.0 Å². The zero-order chi connectivity index (χ0) is 71.9. The summed E-state index contributed by atoms with van der Waals surface area (Å²) in [5, 5.41) is 0. The van der Waals surface area contributed by atoms with Crippen LogP contribution in [-0.4, -0.2) is 263 Å². The molecule has 0 bridgehead atoms. The summed E-state index contributed by atoms with van der Waals surface area (Å²) in [7, 11) is -76.9. The normalized spacial score (nSPS) is 26.5. The predicted molar refractivity (Wildman–Crippen MR) is 264 cm³/mol. The molecule has 0 N–H and O–H groups in total. The fourth-order valence-corrected chi connectivity index (χ4v) is 15.1. The average Bonchev–Trinajstić information content (AvgIpc) is 0.761. The van der Waals surface area contributed by atoms with E-state index in [4.69, 9.17) is 0 Å². The molecule has 4 aliphatic carbocycles. The predicted octanol–water partition coefficient (Wildman–Crippen LogP) is -46.8. The quantitative estimate of drug-likeness (QED) is 0.0280. The summed E-state index contributed by atoms with van der Waals surface area (Å²) >= 11 is 0. The van der Waals surface area contributed by atoms with Crippen molar-refractivity contribution in [2.75, 3.05) is 0 Å². The van der Waals surface area contributed by atoms with Gasteiger partial charge in [-0.3, -0.25) is 60.0 Å². The first kappa shape index (κ1) is 130. The van der Waals surface area contributed by atoms with E-state index in [-0.39, 0.29) is 389 Å². The van der Waals surface area contributed by atoms with E-state index < -0.39 is 246 Å². The molecule has 1 aromatic rings. The van der Waals surface area contributed by atoms with Crippen molar-refractivity contribution < 1.29 is 561 Å². The SMILES string of the molecule is O=S(=O)([O-])O[C@H]1[C@H](OS(=O)(=O)[O-])[C@@H](N(Cc2ccc(CN([C@H]3C=C[C@@H](OS(=O)(=O)[O-])[C@@H](OS(=O)(=O)[O-])[C@@H]3OS(=O)(=O)[O-])[C@H]3C=C[C@@H](OS(=O)(=O)[O-])[C@@H](OS(=O)(=O)[O-])[C@@H]3OS(=O)(=O)[O-])cc2)[C@H]2C=C[C@@H](OS(=O)(=O)[O-])[C@@H](OS(=O)(=O)[O-])[C@@H]2OS(=O)(=O)[O-])C=C[C@H]1OS(=O)(=O)[O-].[Na+].[Na+].[Na+].[Na+].[Na+].[Na+].[Na+].[Na+].[Na+].[Na+].[Na+].[Na+]. The van der Waals surface area contributed by atoms with Gasteiger partial charge in [0.2, 0.25) is 125 Å². The van der Waals surface area contributed by atoms with E-state index in [1.807, 2.05) is 0 Å². The Balaban J connectivity index is -0.00000133. The van der Waals surface area contributed by atoms with Gasteiger partial charge in [0.1, 0.15) is 73.2 Å². The van der Waals surface area contributed by atoms with Crippen LogP contribution < -0.4 is 355 Å². The topological polar surface area (TPSA) is 804 Å². The fourth-order valence-electron chi connectivity index (χ4n) is 9.35. The molecule has 0 radical (unpaired) electrons. The van der Waals surface area contributed by atoms with Gasteiger partial charge in [-0.1, -0.05) is 72.9 Å². The van der Waals surface area contributed by atoms with Crippen molar-refractivity contribution in [1.29, 1.82) is 0 Å². The number of benzene rings is 1. The van der Waals surface area contributed by atoms with Gasteiger partial charge in [-0.2, -0.15) is 0 Å². The second-order valence-corrected chi connectivity index (χ2v) is 30.4. The smallest absolute Gasteiger partial charge is 0.726 e. The van der Waals surface area contributed by atoms with Gasteiger partial charge in [-0.05, 0) is 11.1 Å². The van der Waals surface area contributed by atoms with Crippen LogP contribution in [0.4, 0.5) is 0 Å². The third kappa shape index (κ3) is 48.1. The molecule has 0 saturated heterocycles. The summed E-state index contributed by atoms with van der Waals surface area (Å²) in [6, 6.07) is -8.26. The summed E-state index contributed by atoms with van der Waals surface area (Å²) in [5.74, 6) is 0. The molecular weight excluding hydrogens is 1840 g/mol. The van der Waals surface area contributed by atoms with E-state index in [0.29, 0.717) is 48.6 Å². The van der Waals surface area contributed by atoms with Crippen molar-refractivity contribution in [2.45, 2.75) is 111 Å². The molecule has 0 aliphatic heterocycles. The minimum absolute atomic E-state index is 0. The van der Waals surface area contributed by atoms with Crippen molar-refractivity contribution in [1.82, 2.24) is 9.80 Å². The Hall–Kier alpha value is 8.54. The summed E-state index contributed by atoms with van der Waals surface area (Å²) in [5.41, 5.74) is -1.25. The first-order chi connectivity index (χ1) is 42.0. The number of nitrogens with zero attached hydrogens (tertiary/aromatic N) is 2. The maximum Gasteiger partial charge on any atom is 1.00 e. The molecule has 0 amide bonds. The molecule has 0 unspecified atom stereocenters. The van der Waals surface area contributed by atoms with E-state index in [1.54, 1.807) is 0 Å². The molecule has 0 fully saturated rings. The Morgan fingerprint density at radius 2 is 0.330 bits per heavy atom. The molecule has 106 heavy (non-hydrogen) atoms. The molecule has 0 heterocycles. The molecule has 0 aromatic heterocycles. The molecule has 1 aromatic carbocycles. The van der Waals surface area contributed by atoms with Crippen LogP contribution in [0.25, 0.3) is 0 Å². The number of hydrogen-bond donors (Lipinski definition) is 0. The molecule has 0 spiro atoms. The van der Waals surface area contributed by atoms with E-state index in [1.165, 1.54) is 0 Å². The summed E-state index contributed by atoms with van der Waals surface area (Å²) in [6.07, 6.45) is -36.2. The minimum atomic E-state index is -6.53. The zero-order valence-electron chi connectivity index (χ0n) is 56.0. The number of hydrogen-bond acceptors (Lipinski definition) is 50. The van der Waals surface area contributed by atoms with E-state index in [2.05, 4.69) is 50.2 Å². The van der Waals surface area contributed by atoms with Crippen LogP contribution in [0.2, 0.25) is 0 Å². The molecule has 542 valence electrons. The van der Waals surface area contributed by atoms with Crippen LogP contribution in [0, 0.1) is 0 Å². The molecule has 16 atom stereocenters. The van der Waals surface area contributed by atoms with Crippen molar-refractivity contribution >= 4 is 125 Å². The van der Waals surface area contributed by atoms with Gasteiger partial charge in [-0.15, -0.1) is 0 Å². The molecule has 4 aliphatic rings. The van der Waals surface area contributed by atoms with E-state index in [9.17, 15) is 156 Å². The Kier molecular flexibility index (Phi) is 63.6. The number of rotatable bonds is 32. The molecule has 74 heteroatoms. The van der Waals surface area contributed by atoms with Gasteiger partial charge in [0.15, 0.2) is 0 Å². The van der Waals surface area contributed by atoms with E-state index >= 15 is 0 Å². The first-order valence-electron chi connectivity index (χ1n) is 23.0. The largest absolute Gasteiger partial charge is 1.00 e. The average molecular weight is 1870 g/mol. The summed E-state index contributed by atoms with van der Waals surface area (Å²) in [4.78, 5) is 0.495. The van der Waals surface area contributed by atoms with Crippen molar-refractivity contribution in [2.24, 2.45) is 0 Å². The summed E-state index contributed by atoms with van der Waals surface area (Å²) < 4.78 is 486.